The lowest BCUT2D eigenvalue weighted by molar-refractivity contribution is 0.660. The molecule has 190 valence electrons. The van der Waals surface area contributed by atoms with E-state index in [0.717, 1.165) is 15.8 Å². The SMILES string of the molecule is CC1(C)c2ccccc2-c2ccc(N(c3ccc(Br)cc3)c3ccc(-c4ccccc4)cc3)cc21.CCC. The van der Waals surface area contributed by atoms with Gasteiger partial charge in [0.25, 0.3) is 0 Å². The molecule has 0 atom stereocenters. The number of benzene rings is 5. The van der Waals surface area contributed by atoms with Crippen molar-refractivity contribution in [2.45, 2.75) is 39.5 Å². The molecule has 0 radical (unpaired) electrons. The summed E-state index contributed by atoms with van der Waals surface area (Å²) in [4.78, 5) is 2.35. The normalized spacial score (nSPS) is 12.7. The average Bonchev–Trinajstić information content (AvgIpc) is 3.18. The number of hydrogen-bond acceptors (Lipinski definition) is 1. The van der Waals surface area contributed by atoms with Gasteiger partial charge in [-0.2, -0.15) is 0 Å². The first-order chi connectivity index (χ1) is 18.4. The molecule has 0 unspecified atom stereocenters. The zero-order chi connectivity index (χ0) is 26.7. The zero-order valence-corrected chi connectivity index (χ0v) is 24.2. The Kier molecular flexibility index (Phi) is 7.53. The molecular weight excluding hydrogens is 526 g/mol. The molecule has 0 saturated heterocycles. The molecule has 0 heterocycles. The summed E-state index contributed by atoms with van der Waals surface area (Å²) < 4.78 is 1.08. The van der Waals surface area contributed by atoms with Crippen molar-refractivity contribution in [1.29, 1.82) is 0 Å². The maximum atomic E-state index is 3.60. The number of fused-ring (bicyclic) bond motifs is 3. The Hall–Kier alpha value is -3.62. The fraction of sp³-hybridized carbons (Fsp3) is 0.167. The van der Waals surface area contributed by atoms with Crippen LogP contribution in [0.4, 0.5) is 17.1 Å². The highest BCUT2D eigenvalue weighted by molar-refractivity contribution is 9.10. The predicted molar refractivity (Wildman–Crippen MR) is 168 cm³/mol. The van der Waals surface area contributed by atoms with Crippen molar-refractivity contribution in [2.24, 2.45) is 0 Å². The molecule has 0 amide bonds. The molecule has 0 spiro atoms. The van der Waals surface area contributed by atoms with Gasteiger partial charge in [-0.15, -0.1) is 0 Å². The van der Waals surface area contributed by atoms with Crippen LogP contribution in [0.1, 0.15) is 45.2 Å². The molecule has 5 aromatic rings. The van der Waals surface area contributed by atoms with Gasteiger partial charge in [0.15, 0.2) is 0 Å². The number of nitrogens with zero attached hydrogens (tertiary/aromatic N) is 1. The Morgan fingerprint density at radius 1 is 0.553 bits per heavy atom. The smallest absolute Gasteiger partial charge is 0.0465 e. The number of anilines is 3. The first kappa shape index (κ1) is 26.0. The summed E-state index contributed by atoms with van der Waals surface area (Å²) in [5.74, 6) is 0. The Labute approximate surface area is 235 Å². The number of hydrogen-bond donors (Lipinski definition) is 0. The quantitative estimate of drug-likeness (QED) is 0.211. The van der Waals surface area contributed by atoms with E-state index in [1.807, 2.05) is 0 Å². The van der Waals surface area contributed by atoms with Gasteiger partial charge in [0.2, 0.25) is 0 Å². The van der Waals surface area contributed by atoms with Crippen LogP contribution in [0.15, 0.2) is 126 Å². The van der Waals surface area contributed by atoms with Crippen LogP contribution in [-0.4, -0.2) is 0 Å². The molecule has 6 rings (SSSR count). The van der Waals surface area contributed by atoms with Crippen LogP contribution in [0.2, 0.25) is 0 Å². The highest BCUT2D eigenvalue weighted by atomic mass is 79.9. The summed E-state index contributed by atoms with van der Waals surface area (Å²) in [6.07, 6.45) is 1.25. The third-order valence-electron chi connectivity index (χ3n) is 7.14. The summed E-state index contributed by atoms with van der Waals surface area (Å²) in [5, 5.41) is 0. The van der Waals surface area contributed by atoms with Gasteiger partial charge in [-0.05, 0) is 81.9 Å². The fourth-order valence-electron chi connectivity index (χ4n) is 5.30. The van der Waals surface area contributed by atoms with Crippen LogP contribution in [0.5, 0.6) is 0 Å². The summed E-state index contributed by atoms with van der Waals surface area (Å²) in [6, 6.07) is 43.7. The van der Waals surface area contributed by atoms with Crippen molar-refractivity contribution < 1.29 is 0 Å². The first-order valence-electron chi connectivity index (χ1n) is 13.4. The van der Waals surface area contributed by atoms with Gasteiger partial charge in [-0.3, -0.25) is 0 Å². The van der Waals surface area contributed by atoms with Crippen molar-refractivity contribution in [3.63, 3.8) is 0 Å². The molecule has 38 heavy (non-hydrogen) atoms. The van der Waals surface area contributed by atoms with E-state index < -0.39 is 0 Å². The summed E-state index contributed by atoms with van der Waals surface area (Å²) in [5.41, 5.74) is 11.3. The maximum Gasteiger partial charge on any atom is 0.0465 e. The molecule has 5 aromatic carbocycles. The predicted octanol–water partition coefficient (Wildman–Crippen LogP) is 11.3. The van der Waals surface area contributed by atoms with Gasteiger partial charge >= 0.3 is 0 Å². The Morgan fingerprint density at radius 3 is 1.71 bits per heavy atom. The van der Waals surface area contributed by atoms with E-state index in [2.05, 4.69) is 170 Å². The fourth-order valence-corrected chi connectivity index (χ4v) is 5.57. The maximum absolute atomic E-state index is 3.60. The van der Waals surface area contributed by atoms with Crippen molar-refractivity contribution in [1.82, 2.24) is 0 Å². The van der Waals surface area contributed by atoms with Gasteiger partial charge in [0.1, 0.15) is 0 Å². The van der Waals surface area contributed by atoms with Gasteiger partial charge in [-0.25, -0.2) is 0 Å². The Morgan fingerprint density at radius 2 is 1.05 bits per heavy atom. The van der Waals surface area contributed by atoms with Crippen LogP contribution in [0.25, 0.3) is 22.3 Å². The van der Waals surface area contributed by atoms with Crippen LogP contribution < -0.4 is 4.90 Å². The summed E-state index contributed by atoms with van der Waals surface area (Å²) >= 11 is 3.60. The lowest BCUT2D eigenvalue weighted by atomic mass is 9.82. The van der Waals surface area contributed by atoms with Gasteiger partial charge in [0, 0.05) is 26.9 Å². The van der Waals surface area contributed by atoms with E-state index >= 15 is 0 Å². The Bertz CT molecular complexity index is 1520. The third-order valence-corrected chi connectivity index (χ3v) is 7.67. The molecule has 1 aliphatic rings. The minimum atomic E-state index is -0.0372. The highest BCUT2D eigenvalue weighted by Crippen LogP contribution is 2.50. The van der Waals surface area contributed by atoms with Crippen LogP contribution >= 0.6 is 15.9 Å². The summed E-state index contributed by atoms with van der Waals surface area (Å²) in [6.45, 7) is 8.92. The molecule has 0 aliphatic heterocycles. The number of rotatable bonds is 4. The first-order valence-corrected chi connectivity index (χ1v) is 14.2. The van der Waals surface area contributed by atoms with Crippen molar-refractivity contribution >= 4 is 33.0 Å². The highest BCUT2D eigenvalue weighted by Gasteiger charge is 2.35. The second-order valence-corrected chi connectivity index (χ2v) is 11.2. The monoisotopic (exact) mass is 559 g/mol. The van der Waals surface area contributed by atoms with Gasteiger partial charge < -0.3 is 4.90 Å². The van der Waals surface area contributed by atoms with E-state index in [1.165, 1.54) is 45.5 Å². The van der Waals surface area contributed by atoms with Crippen molar-refractivity contribution in [3.8, 4) is 22.3 Å². The van der Waals surface area contributed by atoms with Gasteiger partial charge in [0.05, 0.1) is 0 Å². The zero-order valence-electron chi connectivity index (χ0n) is 22.6. The van der Waals surface area contributed by atoms with E-state index in [-0.39, 0.29) is 5.41 Å². The number of halogens is 1. The van der Waals surface area contributed by atoms with Crippen LogP contribution in [-0.2, 0) is 5.41 Å². The van der Waals surface area contributed by atoms with Crippen LogP contribution in [0.3, 0.4) is 0 Å². The molecule has 0 bridgehead atoms. The Balaban J connectivity index is 0.000000937. The van der Waals surface area contributed by atoms with E-state index in [0.29, 0.717) is 0 Å². The topological polar surface area (TPSA) is 3.24 Å². The lowest BCUT2D eigenvalue weighted by Crippen LogP contribution is -2.16. The standard InChI is InChI=1S/C33H26BrN.C3H8/c1-33(2)31-11-7-6-10-29(31)30-21-20-28(22-32(30)33)35(27-18-14-25(34)15-19-27)26-16-12-24(13-17-26)23-8-4-3-5-9-23;1-3-2/h3-22H,1-2H3;3H2,1-2H3. The molecular formula is C36H34BrN. The lowest BCUT2D eigenvalue weighted by Gasteiger charge is -2.28. The minimum absolute atomic E-state index is 0.0372. The molecule has 2 heteroatoms. The van der Waals surface area contributed by atoms with Crippen LogP contribution in [0, 0.1) is 0 Å². The average molecular weight is 561 g/mol. The molecule has 1 aliphatic carbocycles. The molecule has 1 nitrogen and oxygen atoms in total. The molecule has 0 aromatic heterocycles. The largest absolute Gasteiger partial charge is 0.310 e. The molecule has 0 fully saturated rings. The van der Waals surface area contributed by atoms with Crippen molar-refractivity contribution in [3.05, 3.63) is 137 Å². The molecule has 0 N–H and O–H groups in total. The molecule has 0 saturated carbocycles. The third kappa shape index (κ3) is 4.93. The van der Waals surface area contributed by atoms with Crippen molar-refractivity contribution in [2.75, 3.05) is 4.90 Å². The second kappa shape index (κ2) is 11.0. The van der Waals surface area contributed by atoms with Gasteiger partial charge in [-0.1, -0.05) is 123 Å². The second-order valence-electron chi connectivity index (χ2n) is 10.3. The van der Waals surface area contributed by atoms with E-state index in [9.17, 15) is 0 Å². The van der Waals surface area contributed by atoms with E-state index in [1.54, 1.807) is 0 Å². The summed E-state index contributed by atoms with van der Waals surface area (Å²) in [7, 11) is 0. The minimum Gasteiger partial charge on any atom is -0.310 e. The van der Waals surface area contributed by atoms with E-state index in [4.69, 9.17) is 0 Å².